The Hall–Kier alpha value is -1.50. The lowest BCUT2D eigenvalue weighted by molar-refractivity contribution is -0.137. The number of rotatable bonds is 1. The number of hydrogen-bond donors (Lipinski definition) is 0. The number of halogens is 3. The van der Waals surface area contributed by atoms with Gasteiger partial charge in [-0.1, -0.05) is 12.1 Å². The van der Waals surface area contributed by atoms with Crippen LogP contribution in [-0.4, -0.2) is 0 Å². The second-order valence-electron chi connectivity index (χ2n) is 5.63. The highest BCUT2D eigenvalue weighted by atomic mass is 19.4. The minimum absolute atomic E-state index is 0.0181. The third-order valence-electron chi connectivity index (χ3n) is 4.69. The molecule has 1 nitrogen and oxygen atoms in total. The largest absolute Gasteiger partial charge is 0.416 e. The molecule has 0 heterocycles. The Bertz CT molecular complexity index is 512. The van der Waals surface area contributed by atoms with Crippen LogP contribution in [0.25, 0.3) is 0 Å². The molecule has 2 fully saturated rings. The summed E-state index contributed by atoms with van der Waals surface area (Å²) in [6, 6.07) is 7.74. The fourth-order valence-electron chi connectivity index (χ4n) is 3.85. The van der Waals surface area contributed by atoms with Gasteiger partial charge in [0.25, 0.3) is 0 Å². The van der Waals surface area contributed by atoms with Crippen molar-refractivity contribution in [2.75, 3.05) is 0 Å². The van der Waals surface area contributed by atoms with Gasteiger partial charge in [0.05, 0.1) is 17.6 Å². The van der Waals surface area contributed by atoms with E-state index in [0.717, 1.165) is 37.0 Å². The molecule has 1 aromatic rings. The topological polar surface area (TPSA) is 23.8 Å². The van der Waals surface area contributed by atoms with E-state index in [1.807, 2.05) is 0 Å². The van der Waals surface area contributed by atoms with Crippen molar-refractivity contribution in [2.24, 2.45) is 17.8 Å². The van der Waals surface area contributed by atoms with Crippen molar-refractivity contribution in [2.45, 2.75) is 31.4 Å². The number of nitrogens with zero attached hydrogens (tertiary/aromatic N) is 1. The summed E-state index contributed by atoms with van der Waals surface area (Å²) >= 11 is 0. The molecule has 2 bridgehead atoms. The predicted molar refractivity (Wildman–Crippen MR) is 64.1 cm³/mol. The number of benzene rings is 1. The van der Waals surface area contributed by atoms with E-state index in [2.05, 4.69) is 6.07 Å². The van der Waals surface area contributed by atoms with Gasteiger partial charge in [0.1, 0.15) is 0 Å². The minimum atomic E-state index is -4.29. The molecule has 2 aliphatic carbocycles. The van der Waals surface area contributed by atoms with Gasteiger partial charge in [0.2, 0.25) is 0 Å². The smallest absolute Gasteiger partial charge is 0.198 e. The van der Waals surface area contributed by atoms with Crippen LogP contribution >= 0.6 is 0 Å². The average Bonchev–Trinajstić information content (AvgIpc) is 2.97. The lowest BCUT2D eigenvalue weighted by atomic mass is 9.76. The van der Waals surface area contributed by atoms with Crippen LogP contribution in [0, 0.1) is 29.1 Å². The van der Waals surface area contributed by atoms with E-state index in [4.69, 9.17) is 0 Å². The van der Waals surface area contributed by atoms with Crippen LogP contribution in [0.1, 0.15) is 36.3 Å². The molecule has 0 amide bonds. The van der Waals surface area contributed by atoms with Crippen molar-refractivity contribution in [3.05, 3.63) is 35.4 Å². The van der Waals surface area contributed by atoms with Crippen LogP contribution in [0.5, 0.6) is 0 Å². The maximum atomic E-state index is 12.5. The fraction of sp³-hybridized carbons (Fsp3) is 0.533. The van der Waals surface area contributed by atoms with Gasteiger partial charge >= 0.3 is 6.18 Å². The Labute approximate surface area is 110 Å². The average molecular weight is 265 g/mol. The lowest BCUT2D eigenvalue weighted by Gasteiger charge is -2.26. The van der Waals surface area contributed by atoms with Crippen molar-refractivity contribution in [1.29, 1.82) is 5.26 Å². The number of hydrogen-bond acceptors (Lipinski definition) is 1. The number of alkyl halides is 3. The van der Waals surface area contributed by atoms with E-state index in [9.17, 15) is 18.4 Å². The summed E-state index contributed by atoms with van der Waals surface area (Å²) in [6.07, 6.45) is -1.03. The van der Waals surface area contributed by atoms with E-state index in [1.165, 1.54) is 0 Å². The molecule has 4 atom stereocenters. The van der Waals surface area contributed by atoms with Crippen molar-refractivity contribution < 1.29 is 13.2 Å². The molecule has 0 radical (unpaired) electrons. The highest BCUT2D eigenvalue weighted by Crippen LogP contribution is 2.56. The Morgan fingerprint density at radius 2 is 1.68 bits per heavy atom. The third-order valence-corrected chi connectivity index (χ3v) is 4.69. The lowest BCUT2D eigenvalue weighted by Crippen LogP contribution is -2.19. The molecule has 0 aromatic heterocycles. The molecule has 0 unspecified atom stereocenters. The van der Waals surface area contributed by atoms with Gasteiger partial charge in [-0.15, -0.1) is 0 Å². The summed E-state index contributed by atoms with van der Waals surface area (Å²) in [5, 5.41) is 9.27. The van der Waals surface area contributed by atoms with Crippen LogP contribution in [0.3, 0.4) is 0 Å². The first kappa shape index (κ1) is 12.5. The van der Waals surface area contributed by atoms with E-state index >= 15 is 0 Å². The Balaban J connectivity index is 1.89. The van der Waals surface area contributed by atoms with Gasteiger partial charge in [-0.2, -0.15) is 18.4 Å². The molecule has 2 aliphatic rings. The zero-order valence-electron chi connectivity index (χ0n) is 10.3. The summed E-state index contributed by atoms with van der Waals surface area (Å²) in [6.45, 7) is 0. The molecular formula is C15H14F3N. The molecule has 100 valence electrons. The van der Waals surface area contributed by atoms with E-state index in [-0.39, 0.29) is 11.8 Å². The van der Waals surface area contributed by atoms with E-state index in [1.54, 1.807) is 12.1 Å². The predicted octanol–water partition coefficient (Wildman–Crippen LogP) is 4.36. The SMILES string of the molecule is N#C[C@H]1[C@@H]2CC[C@@H](C2)[C@H]1c1ccc(C(F)(F)F)cc1. The second-order valence-corrected chi connectivity index (χ2v) is 5.63. The monoisotopic (exact) mass is 265 g/mol. The first-order chi connectivity index (χ1) is 9.00. The Morgan fingerprint density at radius 3 is 2.26 bits per heavy atom. The summed E-state index contributed by atoms with van der Waals surface area (Å²) in [5.41, 5.74) is 0.277. The van der Waals surface area contributed by atoms with Crippen molar-refractivity contribution in [3.63, 3.8) is 0 Å². The summed E-state index contributed by atoms with van der Waals surface area (Å²) in [4.78, 5) is 0. The summed E-state index contributed by atoms with van der Waals surface area (Å²) in [7, 11) is 0. The van der Waals surface area contributed by atoms with Gasteiger partial charge in [-0.25, -0.2) is 0 Å². The highest BCUT2D eigenvalue weighted by Gasteiger charge is 2.48. The molecule has 1 aromatic carbocycles. The van der Waals surface area contributed by atoms with Crippen LogP contribution < -0.4 is 0 Å². The molecule has 4 heteroatoms. The molecule has 0 N–H and O–H groups in total. The minimum Gasteiger partial charge on any atom is -0.198 e. The van der Waals surface area contributed by atoms with Crippen LogP contribution in [0.4, 0.5) is 13.2 Å². The van der Waals surface area contributed by atoms with Crippen molar-refractivity contribution >= 4 is 0 Å². The maximum Gasteiger partial charge on any atom is 0.416 e. The third kappa shape index (κ3) is 2.01. The standard InChI is InChI=1S/C15H14F3N/c16-15(17,18)12-5-3-9(4-6-12)14-11-2-1-10(7-11)13(14)8-19/h3-6,10-11,13-14H,1-2,7H2/t10-,11+,13+,14-/m1/s1. The molecule has 0 saturated heterocycles. The van der Waals surface area contributed by atoms with Crippen LogP contribution in [-0.2, 0) is 6.18 Å². The first-order valence-corrected chi connectivity index (χ1v) is 6.57. The molecule has 19 heavy (non-hydrogen) atoms. The Kier molecular flexibility index (Phi) is 2.81. The summed E-state index contributed by atoms with van der Waals surface area (Å²) in [5.74, 6) is 1.04. The first-order valence-electron chi connectivity index (χ1n) is 6.57. The molecule has 0 spiro atoms. The van der Waals surface area contributed by atoms with Gasteiger partial charge < -0.3 is 0 Å². The van der Waals surface area contributed by atoms with Gasteiger partial charge in [-0.05, 0) is 48.8 Å². The fourth-order valence-corrected chi connectivity index (χ4v) is 3.85. The molecular weight excluding hydrogens is 251 g/mol. The van der Waals surface area contributed by atoms with Gasteiger partial charge in [-0.3, -0.25) is 0 Å². The zero-order chi connectivity index (χ0) is 13.6. The maximum absolute atomic E-state index is 12.5. The van der Waals surface area contributed by atoms with Crippen LogP contribution in [0.15, 0.2) is 24.3 Å². The molecule has 3 rings (SSSR count). The number of fused-ring (bicyclic) bond motifs is 2. The molecule has 2 saturated carbocycles. The normalized spacial score (nSPS) is 33.4. The Morgan fingerprint density at radius 1 is 1.05 bits per heavy atom. The van der Waals surface area contributed by atoms with Gasteiger partial charge in [0.15, 0.2) is 0 Å². The zero-order valence-corrected chi connectivity index (χ0v) is 10.3. The quantitative estimate of drug-likeness (QED) is 0.740. The second kappa shape index (κ2) is 4.26. The van der Waals surface area contributed by atoms with Crippen molar-refractivity contribution in [1.82, 2.24) is 0 Å². The summed E-state index contributed by atoms with van der Waals surface area (Å²) < 4.78 is 37.6. The van der Waals surface area contributed by atoms with Gasteiger partial charge in [0, 0.05) is 5.92 Å². The van der Waals surface area contributed by atoms with E-state index in [0.29, 0.717) is 11.8 Å². The van der Waals surface area contributed by atoms with Crippen LogP contribution in [0.2, 0.25) is 0 Å². The number of nitriles is 1. The molecule has 0 aliphatic heterocycles. The van der Waals surface area contributed by atoms with E-state index < -0.39 is 11.7 Å². The highest BCUT2D eigenvalue weighted by molar-refractivity contribution is 5.31. The van der Waals surface area contributed by atoms with Crippen molar-refractivity contribution in [3.8, 4) is 6.07 Å².